The van der Waals surface area contributed by atoms with Gasteiger partial charge in [-0.1, -0.05) is 60.1 Å². The number of rotatable bonds is 12. The summed E-state index contributed by atoms with van der Waals surface area (Å²) in [7, 11) is -4.04. The molecule has 5 atom stereocenters. The van der Waals surface area contributed by atoms with E-state index in [0.29, 0.717) is 27.6 Å². The lowest BCUT2D eigenvalue weighted by atomic mass is 10.0. The number of nitrogens with zero attached hydrogens (tertiary/aromatic N) is 1. The number of ether oxygens (including phenoxy) is 3. The maximum absolute atomic E-state index is 14.0. The van der Waals surface area contributed by atoms with E-state index in [4.69, 9.17) is 18.6 Å². The van der Waals surface area contributed by atoms with Gasteiger partial charge in [-0.05, 0) is 58.5 Å². The van der Waals surface area contributed by atoms with Crippen molar-refractivity contribution in [1.29, 1.82) is 0 Å². The van der Waals surface area contributed by atoms with Crippen LogP contribution in [0.15, 0.2) is 62.5 Å². The fraction of sp³-hybridized carbons (Fsp3) is 0.500. The summed E-state index contributed by atoms with van der Waals surface area (Å²) in [6.07, 6.45) is -1.76. The highest BCUT2D eigenvalue weighted by atomic mass is 79.9. The Morgan fingerprint density at radius 1 is 1.16 bits per heavy atom. The van der Waals surface area contributed by atoms with Crippen molar-refractivity contribution >= 4 is 58.9 Å². The summed E-state index contributed by atoms with van der Waals surface area (Å²) in [5.74, 6) is -0.0607. The van der Waals surface area contributed by atoms with Gasteiger partial charge in [-0.15, -0.1) is 0 Å². The summed E-state index contributed by atoms with van der Waals surface area (Å²) in [5.41, 5.74) is 2.23. The van der Waals surface area contributed by atoms with Gasteiger partial charge in [-0.3, -0.25) is 0 Å². The third kappa shape index (κ3) is 7.46. The van der Waals surface area contributed by atoms with Crippen LogP contribution in [0.3, 0.4) is 0 Å². The number of carbonyl (C=O) groups excluding carboxylic acids is 1. The summed E-state index contributed by atoms with van der Waals surface area (Å²) in [6.45, 7) is 4.55. The second-order valence-corrected chi connectivity index (χ2v) is 14.6. The van der Waals surface area contributed by atoms with Gasteiger partial charge in [-0.25, -0.2) is 13.2 Å². The number of benzene rings is 2. The van der Waals surface area contributed by atoms with Crippen molar-refractivity contribution in [3.63, 3.8) is 0 Å². The van der Waals surface area contributed by atoms with Crippen LogP contribution in [0, 0.1) is 11.8 Å². The molecule has 0 aliphatic carbocycles. The average Bonchev–Trinajstić information content (AvgIpc) is 3.67. The average molecular weight is 744 g/mol. The maximum Gasteiger partial charge on any atom is 0.407 e. The number of alkyl halides is 1. The summed E-state index contributed by atoms with van der Waals surface area (Å²) in [5, 5.41) is 15.5. The molecule has 0 spiro atoms. The molecule has 0 bridgehead atoms. The van der Waals surface area contributed by atoms with E-state index in [2.05, 4.69) is 37.2 Å². The Balaban J connectivity index is 1.37. The molecule has 234 valence electrons. The molecule has 3 heterocycles. The van der Waals surface area contributed by atoms with Crippen molar-refractivity contribution in [1.82, 2.24) is 9.62 Å². The first kappa shape index (κ1) is 32.4. The normalized spacial score (nSPS) is 21.8. The standard InChI is InChI=1S/C30H36Br2N2O8S/c1-18(2)15-34(43(37,38)20-8-9-26-22(13-20)23(14-31)28(32)41-26)16-25(35)24(12-19-6-4-3-5-7-19)33-30(36)42-27-17-40-29-21(27)10-11-39-29/h3-9,13,18,21,24-25,27,29,35H,10-12,14-17H2,1-2H3,(H,33,36)/t21?,24-,25+,27-,29+/m0/s1. The SMILES string of the molecule is CC(C)CN(C[C@@H](O)[C@H](Cc1ccccc1)NC(=O)O[C@H]1CO[C@H]2OCCC21)S(=O)(=O)c1ccc2oc(Br)c(CBr)c2c1. The summed E-state index contributed by atoms with van der Waals surface area (Å²) < 4.78 is 52.4. The van der Waals surface area contributed by atoms with Gasteiger partial charge in [0.1, 0.15) is 11.7 Å². The van der Waals surface area contributed by atoms with Crippen LogP contribution in [0.4, 0.5) is 4.79 Å². The van der Waals surface area contributed by atoms with E-state index in [-0.39, 0.29) is 49.1 Å². The van der Waals surface area contributed by atoms with E-state index >= 15 is 0 Å². The predicted molar refractivity (Wildman–Crippen MR) is 167 cm³/mol. The Bertz CT molecular complexity index is 1520. The Labute approximate surface area is 268 Å². The zero-order valence-electron chi connectivity index (χ0n) is 23.9. The van der Waals surface area contributed by atoms with E-state index in [9.17, 15) is 18.3 Å². The van der Waals surface area contributed by atoms with E-state index in [0.717, 1.165) is 17.5 Å². The zero-order chi connectivity index (χ0) is 30.7. The molecule has 2 aromatic carbocycles. The molecule has 1 unspecified atom stereocenters. The number of alkyl carbamates (subject to hydrolysis) is 1. The van der Waals surface area contributed by atoms with Gasteiger partial charge in [0.15, 0.2) is 11.0 Å². The lowest BCUT2D eigenvalue weighted by Crippen LogP contribution is -2.51. The molecule has 13 heteroatoms. The largest absolute Gasteiger partial charge is 0.449 e. The van der Waals surface area contributed by atoms with Gasteiger partial charge in [0.2, 0.25) is 10.0 Å². The number of aliphatic hydroxyl groups is 1. The molecule has 2 fully saturated rings. The van der Waals surface area contributed by atoms with E-state index in [1.807, 2.05) is 44.2 Å². The second-order valence-electron chi connectivity index (χ2n) is 11.3. The lowest BCUT2D eigenvalue weighted by Gasteiger charge is -2.31. The highest BCUT2D eigenvalue weighted by Gasteiger charge is 2.44. The molecular formula is C30H36Br2N2O8S. The first-order valence-electron chi connectivity index (χ1n) is 14.3. The minimum absolute atomic E-state index is 0.0266. The second kappa shape index (κ2) is 14.0. The number of halogens is 2. The smallest absolute Gasteiger partial charge is 0.407 e. The number of amides is 1. The topological polar surface area (TPSA) is 128 Å². The number of nitrogens with one attached hydrogen (secondary N) is 1. The van der Waals surface area contributed by atoms with Crippen LogP contribution in [0.1, 0.15) is 31.4 Å². The number of fused-ring (bicyclic) bond motifs is 2. The monoisotopic (exact) mass is 742 g/mol. The molecule has 5 rings (SSSR count). The number of sulfonamides is 1. The van der Waals surface area contributed by atoms with Crippen LogP contribution < -0.4 is 5.32 Å². The Hall–Kier alpha value is -2.00. The van der Waals surface area contributed by atoms with Crippen molar-refractivity contribution < 1.29 is 36.9 Å². The van der Waals surface area contributed by atoms with Crippen LogP contribution in [-0.4, -0.2) is 74.8 Å². The van der Waals surface area contributed by atoms with Crippen molar-refractivity contribution in [2.24, 2.45) is 11.8 Å². The van der Waals surface area contributed by atoms with E-state index < -0.39 is 34.4 Å². The number of hydrogen-bond donors (Lipinski definition) is 2. The number of carbonyl (C=O) groups is 1. The Morgan fingerprint density at radius 3 is 2.65 bits per heavy atom. The first-order valence-corrected chi connectivity index (χ1v) is 17.6. The molecule has 10 nitrogen and oxygen atoms in total. The number of aliphatic hydroxyl groups excluding tert-OH is 1. The molecule has 0 radical (unpaired) electrons. The van der Waals surface area contributed by atoms with Crippen LogP contribution in [0.5, 0.6) is 0 Å². The molecule has 2 saturated heterocycles. The minimum atomic E-state index is -4.04. The summed E-state index contributed by atoms with van der Waals surface area (Å²) in [4.78, 5) is 13.2. The van der Waals surface area contributed by atoms with E-state index in [1.54, 1.807) is 12.1 Å². The fourth-order valence-electron chi connectivity index (χ4n) is 5.57. The minimum Gasteiger partial charge on any atom is -0.449 e. The Morgan fingerprint density at radius 2 is 1.93 bits per heavy atom. The molecular weight excluding hydrogens is 708 g/mol. The third-order valence-electron chi connectivity index (χ3n) is 7.75. The van der Waals surface area contributed by atoms with Crippen LogP contribution in [0.25, 0.3) is 11.0 Å². The highest BCUT2D eigenvalue weighted by Crippen LogP contribution is 2.35. The molecule has 0 saturated carbocycles. The van der Waals surface area contributed by atoms with Gasteiger partial charge >= 0.3 is 6.09 Å². The van der Waals surface area contributed by atoms with Gasteiger partial charge in [0.25, 0.3) is 0 Å². The summed E-state index contributed by atoms with van der Waals surface area (Å²) in [6, 6.07) is 13.3. The predicted octanol–water partition coefficient (Wildman–Crippen LogP) is 5.20. The molecule has 2 N–H and O–H groups in total. The van der Waals surface area contributed by atoms with Crippen LogP contribution in [-0.2, 0) is 36.0 Å². The quantitative estimate of drug-likeness (QED) is 0.243. The molecule has 43 heavy (non-hydrogen) atoms. The van der Waals surface area contributed by atoms with Gasteiger partial charge < -0.3 is 29.1 Å². The van der Waals surface area contributed by atoms with Crippen molar-refractivity contribution in [2.45, 2.75) is 61.5 Å². The van der Waals surface area contributed by atoms with Crippen molar-refractivity contribution in [2.75, 3.05) is 26.3 Å². The highest BCUT2D eigenvalue weighted by molar-refractivity contribution is 9.10. The van der Waals surface area contributed by atoms with Crippen molar-refractivity contribution in [3.8, 4) is 0 Å². The molecule has 3 aromatic rings. The first-order chi connectivity index (χ1) is 20.6. The molecule has 2 aliphatic heterocycles. The Kier molecular flexibility index (Phi) is 10.5. The van der Waals surface area contributed by atoms with Gasteiger partial charge in [-0.2, -0.15) is 4.31 Å². The van der Waals surface area contributed by atoms with Crippen molar-refractivity contribution in [3.05, 3.63) is 64.3 Å². The van der Waals surface area contributed by atoms with E-state index in [1.165, 1.54) is 10.4 Å². The molecule has 1 aromatic heterocycles. The maximum atomic E-state index is 14.0. The third-order valence-corrected chi connectivity index (χ3v) is 10.8. The molecule has 2 aliphatic rings. The van der Waals surface area contributed by atoms with Crippen LogP contribution in [0.2, 0.25) is 0 Å². The van der Waals surface area contributed by atoms with Gasteiger partial charge in [0, 0.05) is 29.4 Å². The zero-order valence-corrected chi connectivity index (χ0v) is 27.9. The number of hydrogen-bond acceptors (Lipinski definition) is 8. The fourth-order valence-corrected chi connectivity index (χ4v) is 8.68. The lowest BCUT2D eigenvalue weighted by molar-refractivity contribution is -0.0907. The number of furan rings is 1. The van der Waals surface area contributed by atoms with Crippen LogP contribution >= 0.6 is 31.9 Å². The molecule has 1 amide bonds. The van der Waals surface area contributed by atoms with Gasteiger partial charge in [0.05, 0.1) is 36.2 Å². The summed E-state index contributed by atoms with van der Waals surface area (Å²) >= 11 is 6.84.